The Morgan fingerprint density at radius 1 is 1.31 bits per heavy atom. The molecule has 16 heavy (non-hydrogen) atoms. The van der Waals surface area contributed by atoms with Gasteiger partial charge in [-0.2, -0.15) is 0 Å². The summed E-state index contributed by atoms with van der Waals surface area (Å²) in [6.45, 7) is 4.49. The van der Waals surface area contributed by atoms with E-state index >= 15 is 0 Å². The third kappa shape index (κ3) is 2.17. The normalized spacial score (nSPS) is 10.9. The van der Waals surface area contributed by atoms with Gasteiger partial charge in [0.1, 0.15) is 11.5 Å². The first-order valence-electron chi connectivity index (χ1n) is 5.43. The van der Waals surface area contributed by atoms with E-state index in [4.69, 9.17) is 14.6 Å². The molecule has 0 aliphatic carbocycles. The van der Waals surface area contributed by atoms with Crippen molar-refractivity contribution in [3.05, 3.63) is 29.7 Å². The molecule has 0 saturated heterocycles. The van der Waals surface area contributed by atoms with Crippen molar-refractivity contribution in [1.29, 1.82) is 0 Å². The Morgan fingerprint density at radius 2 is 2.12 bits per heavy atom. The minimum atomic E-state index is 0.654. The van der Waals surface area contributed by atoms with Crippen LogP contribution in [-0.2, 0) is 6.42 Å². The van der Waals surface area contributed by atoms with Crippen molar-refractivity contribution < 1.29 is 8.83 Å². The van der Waals surface area contributed by atoms with Crippen LogP contribution in [0.15, 0.2) is 21.1 Å². The summed E-state index contributed by atoms with van der Waals surface area (Å²) in [5, 5.41) is 0. The van der Waals surface area contributed by atoms with Crippen molar-refractivity contribution in [3.8, 4) is 11.3 Å². The summed E-state index contributed by atoms with van der Waals surface area (Å²) in [5.41, 5.74) is 6.41. The Labute approximate surface area is 94.5 Å². The fraction of sp³-hybridized carbons (Fsp3) is 0.417. The standard InChI is InChI=1S/C12H16N2O2/c1-8-6-10(9(2)15-8)11-7-14-12(16-11)4-3-5-13/h6-7H,3-5,13H2,1-2H3. The first kappa shape index (κ1) is 11.0. The summed E-state index contributed by atoms with van der Waals surface area (Å²) in [6.07, 6.45) is 3.42. The molecule has 0 saturated carbocycles. The first-order chi connectivity index (χ1) is 7.70. The summed E-state index contributed by atoms with van der Waals surface area (Å²) < 4.78 is 11.1. The number of nitrogens with two attached hydrogens (primary N) is 1. The maximum atomic E-state index is 5.64. The van der Waals surface area contributed by atoms with Crippen LogP contribution >= 0.6 is 0 Å². The van der Waals surface area contributed by atoms with Crippen LogP contribution in [0.5, 0.6) is 0 Å². The van der Waals surface area contributed by atoms with Crippen molar-refractivity contribution in [2.75, 3.05) is 6.54 Å². The van der Waals surface area contributed by atoms with Gasteiger partial charge < -0.3 is 14.6 Å². The molecule has 0 atom stereocenters. The highest BCUT2D eigenvalue weighted by atomic mass is 16.4. The van der Waals surface area contributed by atoms with E-state index < -0.39 is 0 Å². The van der Waals surface area contributed by atoms with Gasteiger partial charge in [0.2, 0.25) is 0 Å². The third-order valence-electron chi connectivity index (χ3n) is 2.45. The Kier molecular flexibility index (Phi) is 3.10. The molecule has 0 bridgehead atoms. The van der Waals surface area contributed by atoms with E-state index in [9.17, 15) is 0 Å². The number of oxazole rings is 1. The quantitative estimate of drug-likeness (QED) is 0.859. The average molecular weight is 220 g/mol. The topological polar surface area (TPSA) is 65.2 Å². The van der Waals surface area contributed by atoms with E-state index in [1.54, 1.807) is 6.20 Å². The molecule has 4 nitrogen and oxygen atoms in total. The van der Waals surface area contributed by atoms with Gasteiger partial charge in [0.05, 0.1) is 11.8 Å². The highest BCUT2D eigenvalue weighted by molar-refractivity contribution is 5.59. The molecule has 0 fully saturated rings. The van der Waals surface area contributed by atoms with Crippen molar-refractivity contribution in [3.63, 3.8) is 0 Å². The van der Waals surface area contributed by atoms with Crippen LogP contribution in [0.1, 0.15) is 23.8 Å². The SMILES string of the molecule is Cc1cc(-c2cnc(CCCN)o2)c(C)o1. The number of furan rings is 1. The Balaban J connectivity index is 2.21. The summed E-state index contributed by atoms with van der Waals surface area (Å²) in [4.78, 5) is 4.22. The number of hydrogen-bond acceptors (Lipinski definition) is 4. The van der Waals surface area contributed by atoms with E-state index in [0.29, 0.717) is 6.54 Å². The van der Waals surface area contributed by atoms with E-state index in [-0.39, 0.29) is 0 Å². The Morgan fingerprint density at radius 3 is 2.75 bits per heavy atom. The van der Waals surface area contributed by atoms with E-state index in [1.807, 2.05) is 19.9 Å². The lowest BCUT2D eigenvalue weighted by molar-refractivity contribution is 0.490. The summed E-state index contributed by atoms with van der Waals surface area (Å²) in [6, 6.07) is 1.96. The van der Waals surface area contributed by atoms with Crippen molar-refractivity contribution in [2.45, 2.75) is 26.7 Å². The van der Waals surface area contributed by atoms with Crippen LogP contribution in [0.4, 0.5) is 0 Å². The first-order valence-corrected chi connectivity index (χ1v) is 5.43. The lowest BCUT2D eigenvalue weighted by Crippen LogP contribution is -2.00. The van der Waals surface area contributed by atoms with Crippen LogP contribution in [-0.4, -0.2) is 11.5 Å². The van der Waals surface area contributed by atoms with Gasteiger partial charge >= 0.3 is 0 Å². The molecule has 2 rings (SSSR count). The van der Waals surface area contributed by atoms with E-state index in [2.05, 4.69) is 4.98 Å². The van der Waals surface area contributed by atoms with Gasteiger partial charge in [0, 0.05) is 6.42 Å². The molecular formula is C12H16N2O2. The lowest BCUT2D eigenvalue weighted by Gasteiger charge is -1.93. The minimum Gasteiger partial charge on any atom is -0.466 e. The van der Waals surface area contributed by atoms with Gasteiger partial charge in [0.25, 0.3) is 0 Å². The summed E-state index contributed by atoms with van der Waals surface area (Å²) in [7, 11) is 0. The van der Waals surface area contributed by atoms with Crippen LogP contribution in [0.3, 0.4) is 0 Å². The zero-order chi connectivity index (χ0) is 11.5. The van der Waals surface area contributed by atoms with Crippen molar-refractivity contribution in [2.24, 2.45) is 5.73 Å². The van der Waals surface area contributed by atoms with Gasteiger partial charge in [-0.25, -0.2) is 4.98 Å². The van der Waals surface area contributed by atoms with Gasteiger partial charge in [-0.1, -0.05) is 0 Å². The molecule has 2 aromatic heterocycles. The number of rotatable bonds is 4. The zero-order valence-corrected chi connectivity index (χ0v) is 9.62. The Bertz CT molecular complexity index is 471. The molecule has 0 amide bonds. The average Bonchev–Trinajstić information content (AvgIpc) is 2.82. The number of hydrogen-bond donors (Lipinski definition) is 1. The van der Waals surface area contributed by atoms with Crippen LogP contribution in [0.25, 0.3) is 11.3 Å². The number of aryl methyl sites for hydroxylation is 3. The molecule has 2 heterocycles. The molecule has 86 valence electrons. The van der Waals surface area contributed by atoms with Crippen LogP contribution in [0.2, 0.25) is 0 Å². The van der Waals surface area contributed by atoms with E-state index in [1.165, 1.54) is 0 Å². The maximum Gasteiger partial charge on any atom is 0.194 e. The Hall–Kier alpha value is -1.55. The lowest BCUT2D eigenvalue weighted by atomic mass is 10.2. The van der Waals surface area contributed by atoms with Gasteiger partial charge in [-0.3, -0.25) is 0 Å². The minimum absolute atomic E-state index is 0.654. The highest BCUT2D eigenvalue weighted by Crippen LogP contribution is 2.27. The maximum absolute atomic E-state index is 5.64. The second-order valence-electron chi connectivity index (χ2n) is 3.84. The molecule has 0 aliphatic rings. The molecule has 0 aliphatic heterocycles. The molecule has 0 radical (unpaired) electrons. The highest BCUT2D eigenvalue weighted by Gasteiger charge is 2.12. The number of nitrogens with zero attached hydrogens (tertiary/aromatic N) is 1. The smallest absolute Gasteiger partial charge is 0.194 e. The predicted molar refractivity (Wildman–Crippen MR) is 61.1 cm³/mol. The fourth-order valence-corrected chi connectivity index (χ4v) is 1.68. The third-order valence-corrected chi connectivity index (χ3v) is 2.45. The van der Waals surface area contributed by atoms with Crippen LogP contribution < -0.4 is 5.73 Å². The second-order valence-corrected chi connectivity index (χ2v) is 3.84. The molecule has 4 heteroatoms. The molecule has 0 aromatic carbocycles. The van der Waals surface area contributed by atoms with Crippen LogP contribution in [0, 0.1) is 13.8 Å². The van der Waals surface area contributed by atoms with Gasteiger partial charge in [-0.15, -0.1) is 0 Å². The zero-order valence-electron chi connectivity index (χ0n) is 9.62. The van der Waals surface area contributed by atoms with Crippen molar-refractivity contribution in [1.82, 2.24) is 4.98 Å². The summed E-state index contributed by atoms with van der Waals surface area (Å²) >= 11 is 0. The molecule has 0 spiro atoms. The molecular weight excluding hydrogens is 204 g/mol. The van der Waals surface area contributed by atoms with Crippen molar-refractivity contribution >= 4 is 0 Å². The number of aromatic nitrogens is 1. The fourth-order valence-electron chi connectivity index (χ4n) is 1.68. The molecule has 0 unspecified atom stereocenters. The molecule has 2 N–H and O–H groups in total. The van der Waals surface area contributed by atoms with Gasteiger partial charge in [0.15, 0.2) is 11.7 Å². The van der Waals surface area contributed by atoms with E-state index in [0.717, 1.165) is 41.6 Å². The second kappa shape index (κ2) is 4.53. The summed E-state index contributed by atoms with van der Waals surface area (Å²) in [5.74, 6) is 3.24. The largest absolute Gasteiger partial charge is 0.466 e. The molecule has 2 aromatic rings. The van der Waals surface area contributed by atoms with Gasteiger partial charge in [-0.05, 0) is 32.9 Å². The predicted octanol–water partition coefficient (Wildman–Crippen LogP) is 2.44. The monoisotopic (exact) mass is 220 g/mol.